The molecule has 0 aromatic heterocycles. The van der Waals surface area contributed by atoms with E-state index in [-0.39, 0.29) is 5.54 Å². The molecule has 2 nitrogen and oxygen atoms in total. The molecule has 1 heterocycles. The van der Waals surface area contributed by atoms with E-state index < -0.39 is 0 Å². The number of benzene rings is 1. The highest BCUT2D eigenvalue weighted by Gasteiger charge is 2.34. The first-order chi connectivity index (χ1) is 8.67. The highest BCUT2D eigenvalue weighted by atomic mass is 15.1. The van der Waals surface area contributed by atoms with Crippen molar-refractivity contribution in [2.24, 2.45) is 5.73 Å². The molecule has 3 rings (SSSR count). The van der Waals surface area contributed by atoms with Crippen molar-refractivity contribution in [3.8, 4) is 0 Å². The third kappa shape index (κ3) is 2.19. The van der Waals surface area contributed by atoms with Crippen LogP contribution < -0.4 is 5.73 Å². The third-order valence-corrected chi connectivity index (χ3v) is 4.92. The van der Waals surface area contributed by atoms with Crippen LogP contribution in [-0.4, -0.2) is 25.0 Å². The van der Waals surface area contributed by atoms with Gasteiger partial charge >= 0.3 is 0 Å². The van der Waals surface area contributed by atoms with Crippen molar-refractivity contribution in [3.05, 3.63) is 35.4 Å². The van der Waals surface area contributed by atoms with Gasteiger partial charge in [-0.15, -0.1) is 0 Å². The highest BCUT2D eigenvalue weighted by molar-refractivity contribution is 5.31. The molecule has 0 amide bonds. The van der Waals surface area contributed by atoms with Crippen LogP contribution >= 0.6 is 0 Å². The van der Waals surface area contributed by atoms with Gasteiger partial charge in [-0.25, -0.2) is 0 Å². The molecule has 1 aromatic carbocycles. The summed E-state index contributed by atoms with van der Waals surface area (Å²) in [7, 11) is 2.22. The molecule has 1 saturated heterocycles. The van der Waals surface area contributed by atoms with E-state index in [9.17, 15) is 0 Å². The quantitative estimate of drug-likeness (QED) is 0.867. The number of likely N-dealkylation sites (tertiary alicyclic amines) is 1. The summed E-state index contributed by atoms with van der Waals surface area (Å²) >= 11 is 0. The molecule has 0 spiro atoms. The van der Waals surface area contributed by atoms with Gasteiger partial charge in [-0.2, -0.15) is 0 Å². The second kappa shape index (κ2) is 4.67. The Morgan fingerprint density at radius 3 is 2.22 bits per heavy atom. The first-order valence-corrected chi connectivity index (χ1v) is 7.25. The van der Waals surface area contributed by atoms with E-state index in [4.69, 9.17) is 5.73 Å². The van der Waals surface area contributed by atoms with Gasteiger partial charge in [0.15, 0.2) is 0 Å². The Hall–Kier alpha value is -0.860. The Kier molecular flexibility index (Phi) is 3.16. The first-order valence-electron chi connectivity index (χ1n) is 7.25. The number of nitrogens with two attached hydrogens (primary N) is 1. The first kappa shape index (κ1) is 12.2. The minimum absolute atomic E-state index is 0.00862. The van der Waals surface area contributed by atoms with E-state index in [0.29, 0.717) is 0 Å². The van der Waals surface area contributed by atoms with E-state index in [1.54, 1.807) is 0 Å². The van der Waals surface area contributed by atoms with Crippen molar-refractivity contribution in [1.82, 2.24) is 4.90 Å². The van der Waals surface area contributed by atoms with Crippen LogP contribution in [0.5, 0.6) is 0 Å². The van der Waals surface area contributed by atoms with Crippen LogP contribution in [0.15, 0.2) is 24.3 Å². The van der Waals surface area contributed by atoms with E-state index in [2.05, 4.69) is 36.2 Å². The molecule has 1 aliphatic carbocycles. The summed E-state index contributed by atoms with van der Waals surface area (Å²) in [6.45, 7) is 2.46. The zero-order valence-electron chi connectivity index (χ0n) is 11.4. The standard InChI is InChI=1S/C16H24N2/c1-18-11-7-14(8-12-18)13-3-5-15(6-4-13)16(17)9-2-10-16/h3-6,14H,2,7-12,17H2,1H3. The molecule has 2 aliphatic rings. The fraction of sp³-hybridized carbons (Fsp3) is 0.625. The molecular weight excluding hydrogens is 220 g/mol. The van der Waals surface area contributed by atoms with Gasteiger partial charge in [0.05, 0.1) is 0 Å². The predicted molar refractivity (Wildman–Crippen MR) is 75.6 cm³/mol. The van der Waals surface area contributed by atoms with Crippen molar-refractivity contribution in [3.63, 3.8) is 0 Å². The lowest BCUT2D eigenvalue weighted by atomic mass is 9.72. The van der Waals surface area contributed by atoms with Crippen LogP contribution in [0, 0.1) is 0 Å². The van der Waals surface area contributed by atoms with Gasteiger partial charge in [0.2, 0.25) is 0 Å². The molecule has 0 unspecified atom stereocenters. The molecule has 1 aliphatic heterocycles. The minimum Gasteiger partial charge on any atom is -0.321 e. The number of hydrogen-bond acceptors (Lipinski definition) is 2. The second-order valence-corrected chi connectivity index (χ2v) is 6.21. The number of hydrogen-bond donors (Lipinski definition) is 1. The normalized spacial score (nSPS) is 24.8. The lowest BCUT2D eigenvalue weighted by Gasteiger charge is -2.39. The summed E-state index contributed by atoms with van der Waals surface area (Å²) in [5.74, 6) is 0.755. The maximum atomic E-state index is 6.36. The summed E-state index contributed by atoms with van der Waals surface area (Å²) in [5, 5.41) is 0. The van der Waals surface area contributed by atoms with Crippen molar-refractivity contribution in [2.45, 2.75) is 43.6 Å². The van der Waals surface area contributed by atoms with Gasteiger partial charge in [-0.05, 0) is 69.3 Å². The molecule has 2 fully saturated rings. The Morgan fingerprint density at radius 1 is 1.11 bits per heavy atom. The molecule has 1 saturated carbocycles. The molecule has 2 heteroatoms. The Balaban J connectivity index is 1.71. The van der Waals surface area contributed by atoms with Crippen LogP contribution in [0.4, 0.5) is 0 Å². The van der Waals surface area contributed by atoms with E-state index in [1.807, 2.05) is 0 Å². The molecular formula is C16H24N2. The monoisotopic (exact) mass is 244 g/mol. The largest absolute Gasteiger partial charge is 0.321 e. The predicted octanol–water partition coefficient (Wildman–Crippen LogP) is 2.83. The number of piperidine rings is 1. The molecule has 0 atom stereocenters. The van der Waals surface area contributed by atoms with Crippen LogP contribution in [0.2, 0.25) is 0 Å². The zero-order chi connectivity index (χ0) is 12.6. The van der Waals surface area contributed by atoms with Gasteiger partial charge in [0, 0.05) is 5.54 Å². The average Bonchev–Trinajstić information content (AvgIpc) is 2.37. The highest BCUT2D eigenvalue weighted by Crippen LogP contribution is 2.39. The molecule has 0 radical (unpaired) electrons. The SMILES string of the molecule is CN1CCC(c2ccc(C3(N)CCC3)cc2)CC1. The fourth-order valence-corrected chi connectivity index (χ4v) is 3.28. The smallest absolute Gasteiger partial charge is 0.0409 e. The second-order valence-electron chi connectivity index (χ2n) is 6.21. The molecule has 0 bridgehead atoms. The van der Waals surface area contributed by atoms with Gasteiger partial charge in [-0.1, -0.05) is 24.3 Å². The molecule has 98 valence electrons. The summed E-state index contributed by atoms with van der Waals surface area (Å²) in [5.41, 5.74) is 9.20. The van der Waals surface area contributed by atoms with Crippen LogP contribution in [0.1, 0.15) is 49.1 Å². The van der Waals surface area contributed by atoms with Gasteiger partial charge < -0.3 is 10.6 Å². The lowest BCUT2D eigenvalue weighted by molar-refractivity contribution is 0.251. The van der Waals surface area contributed by atoms with Gasteiger partial charge in [0.1, 0.15) is 0 Å². The molecule has 18 heavy (non-hydrogen) atoms. The number of nitrogens with zero attached hydrogens (tertiary/aromatic N) is 1. The molecule has 2 N–H and O–H groups in total. The van der Waals surface area contributed by atoms with E-state index in [0.717, 1.165) is 18.8 Å². The summed E-state index contributed by atoms with van der Waals surface area (Å²) < 4.78 is 0. The lowest BCUT2D eigenvalue weighted by Crippen LogP contribution is -2.43. The summed E-state index contributed by atoms with van der Waals surface area (Å²) in [6, 6.07) is 9.18. The summed E-state index contributed by atoms with van der Waals surface area (Å²) in [4.78, 5) is 2.42. The van der Waals surface area contributed by atoms with Crippen molar-refractivity contribution >= 4 is 0 Å². The maximum absolute atomic E-state index is 6.36. The Labute approximate surface area is 110 Å². The van der Waals surface area contributed by atoms with E-state index >= 15 is 0 Å². The van der Waals surface area contributed by atoms with Crippen LogP contribution in [0.25, 0.3) is 0 Å². The third-order valence-electron chi connectivity index (χ3n) is 4.92. The zero-order valence-corrected chi connectivity index (χ0v) is 11.4. The Bertz CT molecular complexity index is 398. The topological polar surface area (TPSA) is 29.3 Å². The van der Waals surface area contributed by atoms with Crippen LogP contribution in [0.3, 0.4) is 0 Å². The Morgan fingerprint density at radius 2 is 1.72 bits per heavy atom. The van der Waals surface area contributed by atoms with Crippen LogP contribution in [-0.2, 0) is 5.54 Å². The summed E-state index contributed by atoms with van der Waals surface area (Å²) in [6.07, 6.45) is 6.18. The van der Waals surface area contributed by atoms with E-state index in [1.165, 1.54) is 43.5 Å². The minimum atomic E-state index is -0.00862. The average molecular weight is 244 g/mol. The molecule has 1 aromatic rings. The van der Waals surface area contributed by atoms with Gasteiger partial charge in [0.25, 0.3) is 0 Å². The van der Waals surface area contributed by atoms with Gasteiger partial charge in [-0.3, -0.25) is 0 Å². The van der Waals surface area contributed by atoms with Crippen molar-refractivity contribution in [2.75, 3.05) is 20.1 Å². The number of rotatable bonds is 2. The van der Waals surface area contributed by atoms with Crippen molar-refractivity contribution < 1.29 is 0 Å². The van der Waals surface area contributed by atoms with Crippen molar-refractivity contribution in [1.29, 1.82) is 0 Å². The fourth-order valence-electron chi connectivity index (χ4n) is 3.28. The maximum Gasteiger partial charge on any atom is 0.0409 e.